The molecule has 2 aromatic heterocycles. The zero-order valence-corrected chi connectivity index (χ0v) is 10.6. The summed E-state index contributed by atoms with van der Waals surface area (Å²) in [6, 6.07) is 1.56. The molecule has 5 nitrogen and oxygen atoms in total. The molecular formula is C12H14ClN3O2. The van der Waals surface area contributed by atoms with Crippen molar-refractivity contribution < 1.29 is 9.21 Å². The molecule has 0 aliphatic rings. The molecule has 0 spiro atoms. The summed E-state index contributed by atoms with van der Waals surface area (Å²) in [5.41, 5.74) is 0.381. The first kappa shape index (κ1) is 12.7. The monoisotopic (exact) mass is 267 g/mol. The summed E-state index contributed by atoms with van der Waals surface area (Å²) in [6.45, 7) is 1.53. The smallest absolute Gasteiger partial charge is 0.256 e. The normalized spacial score (nSPS) is 10.5. The lowest BCUT2D eigenvalue weighted by atomic mass is 10.3. The highest BCUT2D eigenvalue weighted by Gasteiger charge is 2.11. The number of nitrogens with zero attached hydrogens (tertiary/aromatic N) is 2. The third-order valence-electron chi connectivity index (χ3n) is 2.55. The number of carbonyl (C=O) groups excluding carboxylic acids is 1. The topological polar surface area (TPSA) is 60.1 Å². The average molecular weight is 268 g/mol. The van der Waals surface area contributed by atoms with Gasteiger partial charge in [0.25, 0.3) is 5.91 Å². The van der Waals surface area contributed by atoms with E-state index in [1.807, 2.05) is 10.8 Å². The summed E-state index contributed by atoms with van der Waals surface area (Å²) >= 11 is 5.70. The zero-order chi connectivity index (χ0) is 12.8. The third-order valence-corrected chi connectivity index (χ3v) is 2.84. The molecule has 0 saturated carbocycles. The Kier molecular flexibility index (Phi) is 4.41. The molecule has 0 aliphatic heterocycles. The quantitative estimate of drug-likeness (QED) is 0.817. The summed E-state index contributed by atoms with van der Waals surface area (Å²) in [5.74, 6) is -0.198. The van der Waals surface area contributed by atoms with Crippen LogP contribution in [0.1, 0.15) is 23.2 Å². The van der Waals surface area contributed by atoms with Crippen LogP contribution in [-0.2, 0) is 6.54 Å². The first-order valence-electron chi connectivity index (χ1n) is 5.74. The zero-order valence-electron chi connectivity index (χ0n) is 9.80. The highest BCUT2D eigenvalue weighted by molar-refractivity contribution is 6.32. The van der Waals surface area contributed by atoms with Gasteiger partial charge in [-0.25, -0.2) is 4.98 Å². The molecule has 18 heavy (non-hydrogen) atoms. The summed E-state index contributed by atoms with van der Waals surface area (Å²) in [5, 5.41) is 2.93. The molecule has 0 aromatic carbocycles. The second kappa shape index (κ2) is 6.26. The van der Waals surface area contributed by atoms with Gasteiger partial charge >= 0.3 is 0 Å². The number of aromatic nitrogens is 2. The van der Waals surface area contributed by atoms with Gasteiger partial charge in [-0.2, -0.15) is 0 Å². The number of hydrogen-bond acceptors (Lipinski definition) is 3. The first-order chi connectivity index (χ1) is 8.77. The molecule has 2 aromatic rings. The molecule has 0 fully saturated rings. The fourth-order valence-electron chi connectivity index (χ4n) is 1.59. The van der Waals surface area contributed by atoms with E-state index >= 15 is 0 Å². The Labute approximate surface area is 110 Å². The van der Waals surface area contributed by atoms with Gasteiger partial charge in [-0.3, -0.25) is 4.79 Å². The van der Waals surface area contributed by atoms with Gasteiger partial charge in [0, 0.05) is 25.5 Å². The molecule has 2 heterocycles. The molecule has 6 heteroatoms. The van der Waals surface area contributed by atoms with Crippen molar-refractivity contribution >= 4 is 17.5 Å². The summed E-state index contributed by atoms with van der Waals surface area (Å²) in [6.07, 6.45) is 8.74. The van der Waals surface area contributed by atoms with E-state index in [1.54, 1.807) is 18.6 Å². The molecule has 0 bridgehead atoms. The predicted molar refractivity (Wildman–Crippen MR) is 67.5 cm³/mol. The first-order valence-corrected chi connectivity index (χ1v) is 6.12. The van der Waals surface area contributed by atoms with Crippen LogP contribution in [0.15, 0.2) is 35.5 Å². The molecule has 0 aliphatic carbocycles. The maximum Gasteiger partial charge on any atom is 0.256 e. The van der Waals surface area contributed by atoms with Crippen molar-refractivity contribution in [1.29, 1.82) is 0 Å². The Morgan fingerprint density at radius 1 is 1.50 bits per heavy atom. The van der Waals surface area contributed by atoms with E-state index in [0.29, 0.717) is 12.1 Å². The van der Waals surface area contributed by atoms with E-state index in [4.69, 9.17) is 16.0 Å². The average Bonchev–Trinajstić information content (AvgIpc) is 2.99. The minimum atomic E-state index is -0.198. The van der Waals surface area contributed by atoms with Crippen LogP contribution in [0.4, 0.5) is 0 Å². The highest BCUT2D eigenvalue weighted by atomic mass is 35.5. The molecule has 0 saturated heterocycles. The van der Waals surface area contributed by atoms with E-state index in [0.717, 1.165) is 19.4 Å². The lowest BCUT2D eigenvalue weighted by Crippen LogP contribution is -2.24. The second-order valence-corrected chi connectivity index (χ2v) is 4.21. The van der Waals surface area contributed by atoms with Crippen LogP contribution < -0.4 is 5.32 Å². The Balaban J connectivity index is 1.64. The van der Waals surface area contributed by atoms with Crippen LogP contribution in [0.5, 0.6) is 0 Å². The summed E-state index contributed by atoms with van der Waals surface area (Å²) < 4.78 is 6.87. The molecular weight excluding hydrogens is 254 g/mol. The van der Waals surface area contributed by atoms with Crippen LogP contribution in [0, 0.1) is 0 Å². The van der Waals surface area contributed by atoms with Crippen LogP contribution in [0.2, 0.25) is 5.22 Å². The van der Waals surface area contributed by atoms with Crippen LogP contribution in [0.3, 0.4) is 0 Å². The minimum absolute atomic E-state index is 0.130. The van der Waals surface area contributed by atoms with Gasteiger partial charge in [0.15, 0.2) is 0 Å². The lowest BCUT2D eigenvalue weighted by molar-refractivity contribution is 0.0952. The lowest BCUT2D eigenvalue weighted by Gasteiger charge is -2.04. The highest BCUT2D eigenvalue weighted by Crippen LogP contribution is 2.15. The molecule has 2 rings (SSSR count). The SMILES string of the molecule is O=C(NCCCCn1ccnc1)c1ccoc1Cl. The van der Waals surface area contributed by atoms with Gasteiger partial charge in [0.1, 0.15) is 0 Å². The van der Waals surface area contributed by atoms with E-state index in [2.05, 4.69) is 10.3 Å². The van der Waals surface area contributed by atoms with Crippen LogP contribution >= 0.6 is 11.6 Å². The van der Waals surface area contributed by atoms with Crippen molar-refractivity contribution in [3.05, 3.63) is 41.8 Å². The number of nitrogens with one attached hydrogen (secondary N) is 1. The second-order valence-electron chi connectivity index (χ2n) is 3.87. The minimum Gasteiger partial charge on any atom is -0.452 e. The number of aryl methyl sites for hydroxylation is 1. The number of furan rings is 1. The third kappa shape index (κ3) is 3.37. The van der Waals surface area contributed by atoms with Crippen LogP contribution in [-0.4, -0.2) is 22.0 Å². The number of hydrogen-bond donors (Lipinski definition) is 1. The van der Waals surface area contributed by atoms with E-state index in [-0.39, 0.29) is 11.1 Å². The van der Waals surface area contributed by atoms with Gasteiger partial charge in [-0.15, -0.1) is 0 Å². The summed E-state index contributed by atoms with van der Waals surface area (Å²) in [7, 11) is 0. The number of halogens is 1. The molecule has 0 radical (unpaired) electrons. The van der Waals surface area contributed by atoms with Gasteiger partial charge < -0.3 is 14.3 Å². The maximum absolute atomic E-state index is 11.6. The van der Waals surface area contributed by atoms with E-state index in [9.17, 15) is 4.79 Å². The molecule has 0 unspecified atom stereocenters. The van der Waals surface area contributed by atoms with Gasteiger partial charge in [-0.1, -0.05) is 0 Å². The maximum atomic E-state index is 11.6. The molecule has 1 N–H and O–H groups in total. The fourth-order valence-corrected chi connectivity index (χ4v) is 1.79. The number of imidazole rings is 1. The number of rotatable bonds is 6. The standard InChI is InChI=1S/C12H14ClN3O2/c13-11-10(3-8-18-11)12(17)15-4-1-2-6-16-7-5-14-9-16/h3,5,7-9H,1-2,4,6H2,(H,15,17). The molecule has 0 atom stereocenters. The molecule has 96 valence electrons. The van der Waals surface area contributed by atoms with Gasteiger partial charge in [0.2, 0.25) is 5.22 Å². The fraction of sp³-hybridized carbons (Fsp3) is 0.333. The predicted octanol–water partition coefficient (Wildman–Crippen LogP) is 2.34. The van der Waals surface area contributed by atoms with Crippen molar-refractivity contribution in [3.8, 4) is 0 Å². The Morgan fingerprint density at radius 3 is 3.06 bits per heavy atom. The molecule has 1 amide bonds. The van der Waals surface area contributed by atoms with Gasteiger partial charge in [0.05, 0.1) is 18.2 Å². The van der Waals surface area contributed by atoms with Crippen LogP contribution in [0.25, 0.3) is 0 Å². The number of amides is 1. The van der Waals surface area contributed by atoms with Gasteiger partial charge in [-0.05, 0) is 30.5 Å². The number of carbonyl (C=O) groups is 1. The van der Waals surface area contributed by atoms with Crippen molar-refractivity contribution in [2.75, 3.05) is 6.54 Å². The van der Waals surface area contributed by atoms with E-state index in [1.165, 1.54) is 6.26 Å². The summed E-state index contributed by atoms with van der Waals surface area (Å²) in [4.78, 5) is 15.6. The Bertz CT molecular complexity index is 493. The Hall–Kier alpha value is -1.75. The number of unbranched alkanes of at least 4 members (excludes halogenated alkanes) is 1. The van der Waals surface area contributed by atoms with Crippen molar-refractivity contribution in [2.24, 2.45) is 0 Å². The van der Waals surface area contributed by atoms with Crippen molar-refractivity contribution in [2.45, 2.75) is 19.4 Å². The van der Waals surface area contributed by atoms with Crippen molar-refractivity contribution in [1.82, 2.24) is 14.9 Å². The van der Waals surface area contributed by atoms with Crippen molar-refractivity contribution in [3.63, 3.8) is 0 Å². The Morgan fingerprint density at radius 2 is 2.39 bits per heavy atom. The van der Waals surface area contributed by atoms with E-state index < -0.39 is 0 Å². The largest absolute Gasteiger partial charge is 0.452 e.